The average molecular weight is 289 g/mol. The van der Waals surface area contributed by atoms with Gasteiger partial charge in [-0.15, -0.1) is 0 Å². The number of ether oxygens (including phenoxy) is 1. The molecule has 1 aromatic rings. The van der Waals surface area contributed by atoms with Crippen molar-refractivity contribution in [2.45, 2.75) is 32.2 Å². The molecule has 1 aromatic carbocycles. The third-order valence-corrected chi connectivity index (χ3v) is 4.39. The van der Waals surface area contributed by atoms with E-state index in [-0.39, 0.29) is 17.9 Å². The summed E-state index contributed by atoms with van der Waals surface area (Å²) in [4.78, 5) is 14.2. The molecule has 5 heteroatoms. The predicted molar refractivity (Wildman–Crippen MR) is 83.5 cm³/mol. The molecular formula is C16H23N3O2. The summed E-state index contributed by atoms with van der Waals surface area (Å²) in [6, 6.07) is 6.19. The van der Waals surface area contributed by atoms with E-state index in [2.05, 4.69) is 17.1 Å². The fourth-order valence-electron chi connectivity index (χ4n) is 3.31. The quantitative estimate of drug-likeness (QED) is 0.829. The van der Waals surface area contributed by atoms with Crippen LogP contribution in [0.5, 0.6) is 5.75 Å². The van der Waals surface area contributed by atoms with Crippen LogP contribution in [-0.2, 0) is 4.79 Å². The van der Waals surface area contributed by atoms with Gasteiger partial charge < -0.3 is 20.7 Å². The molecule has 0 spiro atoms. The third kappa shape index (κ3) is 2.64. The van der Waals surface area contributed by atoms with E-state index in [1.807, 2.05) is 18.2 Å². The molecule has 114 valence electrons. The maximum absolute atomic E-state index is 11.9. The number of anilines is 2. The first kappa shape index (κ1) is 14.0. The molecule has 3 rings (SSSR count). The van der Waals surface area contributed by atoms with Crippen molar-refractivity contribution in [3.63, 3.8) is 0 Å². The number of nitrogen functional groups attached to an aromatic ring is 1. The first-order valence-corrected chi connectivity index (χ1v) is 7.77. The average Bonchev–Trinajstić information content (AvgIpc) is 2.88. The van der Waals surface area contributed by atoms with Crippen molar-refractivity contribution < 1.29 is 9.53 Å². The predicted octanol–water partition coefficient (Wildman–Crippen LogP) is 1.77. The minimum absolute atomic E-state index is 0.122. The standard InChI is InChI=1S/C16H23N3O2/c1-2-8-21-15-9-11(5-6-13(15)17)19-7-3-4-12-14(19)10-18-16(12)20/h5-6,9,12,14H,2-4,7-8,10,17H2,1H3,(H,18,20). The van der Waals surface area contributed by atoms with E-state index < -0.39 is 0 Å². The number of benzene rings is 1. The second-order valence-corrected chi connectivity index (χ2v) is 5.83. The van der Waals surface area contributed by atoms with Gasteiger partial charge in [-0.25, -0.2) is 0 Å². The van der Waals surface area contributed by atoms with E-state index in [9.17, 15) is 4.79 Å². The number of nitrogens with one attached hydrogen (secondary N) is 1. The van der Waals surface area contributed by atoms with Crippen molar-refractivity contribution in [3.8, 4) is 5.75 Å². The lowest BCUT2D eigenvalue weighted by molar-refractivity contribution is -0.122. The Balaban J connectivity index is 1.84. The minimum atomic E-state index is 0.122. The van der Waals surface area contributed by atoms with Gasteiger partial charge in [-0.1, -0.05) is 6.92 Å². The van der Waals surface area contributed by atoms with Crippen LogP contribution in [0.4, 0.5) is 11.4 Å². The van der Waals surface area contributed by atoms with Crippen LogP contribution in [-0.4, -0.2) is 31.6 Å². The summed E-state index contributed by atoms with van der Waals surface area (Å²) < 4.78 is 5.72. The number of nitrogens with zero attached hydrogens (tertiary/aromatic N) is 1. The van der Waals surface area contributed by atoms with Gasteiger partial charge >= 0.3 is 0 Å². The summed E-state index contributed by atoms with van der Waals surface area (Å²) in [5, 5.41) is 2.99. The van der Waals surface area contributed by atoms with Crippen LogP contribution in [0.1, 0.15) is 26.2 Å². The number of hydrogen-bond acceptors (Lipinski definition) is 4. The highest BCUT2D eigenvalue weighted by molar-refractivity contribution is 5.83. The number of rotatable bonds is 4. The summed E-state index contributed by atoms with van der Waals surface area (Å²) in [5.41, 5.74) is 7.75. The molecule has 2 atom stereocenters. The summed E-state index contributed by atoms with van der Waals surface area (Å²) in [5.74, 6) is 1.06. The van der Waals surface area contributed by atoms with Gasteiger partial charge in [-0.05, 0) is 31.4 Å². The van der Waals surface area contributed by atoms with Gasteiger partial charge in [0.1, 0.15) is 5.75 Å². The number of fused-ring (bicyclic) bond motifs is 1. The monoisotopic (exact) mass is 289 g/mol. The van der Waals surface area contributed by atoms with Crippen LogP contribution in [0.15, 0.2) is 18.2 Å². The summed E-state index contributed by atoms with van der Waals surface area (Å²) in [7, 11) is 0. The second kappa shape index (κ2) is 5.84. The van der Waals surface area contributed by atoms with Gasteiger partial charge in [0.25, 0.3) is 0 Å². The van der Waals surface area contributed by atoms with Crippen LogP contribution in [0.25, 0.3) is 0 Å². The molecule has 1 amide bonds. The molecule has 2 fully saturated rings. The molecule has 21 heavy (non-hydrogen) atoms. The number of piperidine rings is 1. The lowest BCUT2D eigenvalue weighted by Gasteiger charge is -2.38. The largest absolute Gasteiger partial charge is 0.491 e. The maximum atomic E-state index is 11.9. The van der Waals surface area contributed by atoms with Gasteiger partial charge in [-0.3, -0.25) is 4.79 Å². The lowest BCUT2D eigenvalue weighted by atomic mass is 9.91. The molecule has 0 aliphatic carbocycles. The van der Waals surface area contributed by atoms with Crippen LogP contribution < -0.4 is 20.7 Å². The first-order valence-electron chi connectivity index (χ1n) is 7.77. The Morgan fingerprint density at radius 2 is 2.33 bits per heavy atom. The minimum Gasteiger partial charge on any atom is -0.491 e. The zero-order valence-corrected chi connectivity index (χ0v) is 12.5. The SMILES string of the molecule is CCCOc1cc(N2CCCC3C(=O)NCC32)ccc1N. The van der Waals surface area contributed by atoms with Gasteiger partial charge in [0.15, 0.2) is 0 Å². The van der Waals surface area contributed by atoms with Crippen LogP contribution in [0.2, 0.25) is 0 Å². The molecule has 0 radical (unpaired) electrons. The molecule has 2 heterocycles. The number of hydrogen-bond donors (Lipinski definition) is 2. The van der Waals surface area contributed by atoms with E-state index in [4.69, 9.17) is 10.5 Å². The molecule has 0 bridgehead atoms. The fourth-order valence-corrected chi connectivity index (χ4v) is 3.31. The lowest BCUT2D eigenvalue weighted by Crippen LogP contribution is -2.45. The van der Waals surface area contributed by atoms with Crippen molar-refractivity contribution >= 4 is 17.3 Å². The molecule has 2 saturated heterocycles. The van der Waals surface area contributed by atoms with Gasteiger partial charge in [0.05, 0.1) is 24.3 Å². The van der Waals surface area contributed by atoms with E-state index in [0.717, 1.165) is 43.8 Å². The Bertz CT molecular complexity index is 532. The van der Waals surface area contributed by atoms with Gasteiger partial charge in [-0.2, -0.15) is 0 Å². The fraction of sp³-hybridized carbons (Fsp3) is 0.562. The Hall–Kier alpha value is -1.91. The smallest absolute Gasteiger partial charge is 0.225 e. The summed E-state index contributed by atoms with van der Waals surface area (Å²) >= 11 is 0. The topological polar surface area (TPSA) is 67.6 Å². The number of carbonyl (C=O) groups excluding carboxylic acids is 1. The Labute approximate surface area is 125 Å². The van der Waals surface area contributed by atoms with Gasteiger partial charge in [0, 0.05) is 24.8 Å². The number of nitrogens with two attached hydrogens (primary N) is 1. The Morgan fingerprint density at radius 1 is 1.48 bits per heavy atom. The van der Waals surface area contributed by atoms with Crippen LogP contribution in [0, 0.1) is 5.92 Å². The number of amides is 1. The molecule has 2 unspecified atom stereocenters. The third-order valence-electron chi connectivity index (χ3n) is 4.39. The highest BCUT2D eigenvalue weighted by Gasteiger charge is 2.40. The van der Waals surface area contributed by atoms with E-state index in [1.165, 1.54) is 0 Å². The van der Waals surface area contributed by atoms with Crippen LogP contribution in [0.3, 0.4) is 0 Å². The highest BCUT2D eigenvalue weighted by atomic mass is 16.5. The molecule has 2 aliphatic rings. The van der Waals surface area contributed by atoms with E-state index >= 15 is 0 Å². The zero-order chi connectivity index (χ0) is 14.8. The first-order chi connectivity index (χ1) is 10.2. The van der Waals surface area contributed by atoms with E-state index in [1.54, 1.807) is 0 Å². The van der Waals surface area contributed by atoms with Crippen molar-refractivity contribution in [1.29, 1.82) is 0 Å². The second-order valence-electron chi connectivity index (χ2n) is 5.83. The summed E-state index contributed by atoms with van der Waals surface area (Å²) in [6.07, 6.45) is 2.99. The van der Waals surface area contributed by atoms with Crippen molar-refractivity contribution in [2.24, 2.45) is 5.92 Å². The van der Waals surface area contributed by atoms with Crippen molar-refractivity contribution in [1.82, 2.24) is 5.32 Å². The van der Waals surface area contributed by atoms with Gasteiger partial charge in [0.2, 0.25) is 5.91 Å². The Morgan fingerprint density at radius 3 is 3.14 bits per heavy atom. The van der Waals surface area contributed by atoms with E-state index in [0.29, 0.717) is 12.3 Å². The molecule has 5 nitrogen and oxygen atoms in total. The molecule has 2 aliphatic heterocycles. The number of carbonyl (C=O) groups is 1. The van der Waals surface area contributed by atoms with Crippen molar-refractivity contribution in [3.05, 3.63) is 18.2 Å². The maximum Gasteiger partial charge on any atom is 0.225 e. The molecule has 0 aromatic heterocycles. The molecular weight excluding hydrogens is 266 g/mol. The molecule has 3 N–H and O–H groups in total. The summed E-state index contributed by atoms with van der Waals surface area (Å²) in [6.45, 7) is 4.46. The zero-order valence-electron chi connectivity index (χ0n) is 12.5. The normalized spacial score (nSPS) is 24.6. The van der Waals surface area contributed by atoms with Crippen molar-refractivity contribution in [2.75, 3.05) is 30.3 Å². The molecule has 0 saturated carbocycles. The highest BCUT2D eigenvalue weighted by Crippen LogP contribution is 2.35. The van der Waals surface area contributed by atoms with Crippen LogP contribution >= 0.6 is 0 Å². The Kier molecular flexibility index (Phi) is 3.90.